The number of nitrogens with two attached hydrogens (primary N) is 1. The van der Waals surface area contributed by atoms with E-state index in [1.807, 2.05) is 6.92 Å². The van der Waals surface area contributed by atoms with Gasteiger partial charge in [0.1, 0.15) is 12.1 Å². The lowest BCUT2D eigenvalue weighted by Gasteiger charge is -2.24. The molecule has 0 radical (unpaired) electrons. The molecule has 27 heavy (non-hydrogen) atoms. The monoisotopic (exact) mass is 383 g/mol. The molecule has 0 saturated heterocycles. The summed E-state index contributed by atoms with van der Waals surface area (Å²) < 4.78 is 0. The van der Waals surface area contributed by atoms with Crippen LogP contribution in [0.4, 0.5) is 0 Å². The number of rotatable bonds is 11. The zero-order chi connectivity index (χ0) is 20.6. The van der Waals surface area contributed by atoms with Gasteiger partial charge in [-0.1, -0.05) is 20.3 Å². The number of carbonyl (C=O) groups is 4. The maximum absolute atomic E-state index is 12.5. The third kappa shape index (κ3) is 7.05. The molecule has 0 spiro atoms. The molecular weight excluding hydrogens is 358 g/mol. The lowest BCUT2D eigenvalue weighted by Crippen LogP contribution is -2.56. The largest absolute Gasteiger partial charge is 0.481 e. The van der Waals surface area contributed by atoms with Crippen LogP contribution in [-0.4, -0.2) is 62.1 Å². The Kier molecular flexibility index (Phi) is 8.39. The Hall–Kier alpha value is -2.95. The minimum Gasteiger partial charge on any atom is -0.481 e. The number of amides is 2. The zero-order valence-corrected chi connectivity index (χ0v) is 15.1. The van der Waals surface area contributed by atoms with E-state index in [0.29, 0.717) is 12.1 Å². The molecular formula is C16H25N5O6. The van der Waals surface area contributed by atoms with E-state index >= 15 is 0 Å². The number of hydrogen-bond acceptors (Lipinski definition) is 6. The summed E-state index contributed by atoms with van der Waals surface area (Å²) in [6.07, 6.45) is 2.71. The fraction of sp³-hybridized carbons (Fsp3) is 0.562. The number of carbonyl (C=O) groups excluding carboxylic acids is 2. The molecule has 7 N–H and O–H groups in total. The third-order valence-electron chi connectivity index (χ3n) is 4.16. The molecule has 1 aromatic rings. The average molecular weight is 383 g/mol. The first-order valence-electron chi connectivity index (χ1n) is 8.43. The van der Waals surface area contributed by atoms with Gasteiger partial charge in [-0.3, -0.25) is 14.4 Å². The topological polar surface area (TPSA) is 187 Å². The van der Waals surface area contributed by atoms with E-state index in [1.54, 1.807) is 6.92 Å². The lowest BCUT2D eigenvalue weighted by atomic mass is 9.98. The summed E-state index contributed by atoms with van der Waals surface area (Å²) in [4.78, 5) is 53.4. The Bertz CT molecular complexity index is 662. The van der Waals surface area contributed by atoms with E-state index < -0.39 is 48.3 Å². The van der Waals surface area contributed by atoms with Crippen molar-refractivity contribution < 1.29 is 29.4 Å². The maximum atomic E-state index is 12.5. The molecule has 150 valence electrons. The number of aromatic nitrogens is 2. The van der Waals surface area contributed by atoms with Gasteiger partial charge in [0.25, 0.3) is 0 Å². The average Bonchev–Trinajstić information content (AvgIpc) is 3.11. The van der Waals surface area contributed by atoms with Crippen LogP contribution in [0.2, 0.25) is 0 Å². The number of carboxylic acid groups (broad SMARTS) is 2. The van der Waals surface area contributed by atoms with Crippen LogP contribution >= 0.6 is 0 Å². The number of hydrogen-bond donors (Lipinski definition) is 6. The van der Waals surface area contributed by atoms with Gasteiger partial charge in [-0.15, -0.1) is 0 Å². The SMILES string of the molecule is CCC(C)C(N)C(=O)NC(Cc1cnc[nH]1)C(=O)NC(CC(=O)O)C(=O)O. The highest BCUT2D eigenvalue weighted by molar-refractivity contribution is 5.93. The van der Waals surface area contributed by atoms with Crippen LogP contribution in [0, 0.1) is 5.92 Å². The quantitative estimate of drug-likeness (QED) is 0.276. The number of H-pyrrole nitrogens is 1. The van der Waals surface area contributed by atoms with Gasteiger partial charge in [0.2, 0.25) is 11.8 Å². The second kappa shape index (κ2) is 10.3. The first-order valence-corrected chi connectivity index (χ1v) is 8.43. The van der Waals surface area contributed by atoms with Gasteiger partial charge in [-0.25, -0.2) is 9.78 Å². The predicted molar refractivity (Wildman–Crippen MR) is 93.5 cm³/mol. The van der Waals surface area contributed by atoms with Gasteiger partial charge in [-0.2, -0.15) is 0 Å². The van der Waals surface area contributed by atoms with Crippen LogP contribution in [0.1, 0.15) is 32.4 Å². The standard InChI is InChI=1S/C16H25N5O6/c1-3-8(2)13(17)15(25)20-10(4-9-6-18-7-19-9)14(24)21-11(16(26)27)5-12(22)23/h6-8,10-11,13H,3-5,17H2,1-2H3,(H,18,19)(H,20,25)(H,21,24)(H,22,23)(H,26,27). The second-order valence-electron chi connectivity index (χ2n) is 6.25. The van der Waals surface area contributed by atoms with E-state index in [2.05, 4.69) is 20.6 Å². The fourth-order valence-corrected chi connectivity index (χ4v) is 2.25. The van der Waals surface area contributed by atoms with E-state index in [-0.39, 0.29) is 12.3 Å². The Balaban J connectivity index is 2.92. The minimum absolute atomic E-state index is 0.00418. The zero-order valence-electron chi connectivity index (χ0n) is 15.1. The van der Waals surface area contributed by atoms with E-state index in [1.165, 1.54) is 12.5 Å². The summed E-state index contributed by atoms with van der Waals surface area (Å²) in [7, 11) is 0. The van der Waals surface area contributed by atoms with Crippen LogP contribution in [0.3, 0.4) is 0 Å². The molecule has 0 bridgehead atoms. The molecule has 0 aliphatic rings. The molecule has 0 aromatic carbocycles. The molecule has 0 saturated carbocycles. The van der Waals surface area contributed by atoms with E-state index in [4.69, 9.17) is 15.9 Å². The molecule has 4 unspecified atom stereocenters. The number of nitrogens with one attached hydrogen (secondary N) is 3. The summed E-state index contributed by atoms with van der Waals surface area (Å²) in [5.41, 5.74) is 6.40. The van der Waals surface area contributed by atoms with Crippen molar-refractivity contribution >= 4 is 23.8 Å². The second-order valence-corrected chi connectivity index (χ2v) is 6.25. The van der Waals surface area contributed by atoms with Crippen LogP contribution < -0.4 is 16.4 Å². The molecule has 2 amide bonds. The predicted octanol–water partition coefficient (Wildman–Crippen LogP) is -1.15. The number of aromatic amines is 1. The first kappa shape index (κ1) is 22.1. The van der Waals surface area contributed by atoms with Crippen molar-refractivity contribution in [3.8, 4) is 0 Å². The van der Waals surface area contributed by atoms with Gasteiger partial charge in [0.15, 0.2) is 0 Å². The molecule has 4 atom stereocenters. The lowest BCUT2D eigenvalue weighted by molar-refractivity contribution is -0.147. The van der Waals surface area contributed by atoms with Crippen molar-refractivity contribution in [1.29, 1.82) is 0 Å². The minimum atomic E-state index is -1.63. The van der Waals surface area contributed by atoms with Crippen molar-refractivity contribution in [3.05, 3.63) is 18.2 Å². The molecule has 1 rings (SSSR count). The summed E-state index contributed by atoms with van der Waals surface area (Å²) in [6, 6.07) is -3.62. The van der Waals surface area contributed by atoms with Crippen LogP contribution in [0.15, 0.2) is 12.5 Å². The van der Waals surface area contributed by atoms with Crippen LogP contribution in [-0.2, 0) is 25.6 Å². The number of nitrogens with zero attached hydrogens (tertiary/aromatic N) is 1. The van der Waals surface area contributed by atoms with Gasteiger partial charge >= 0.3 is 11.9 Å². The summed E-state index contributed by atoms with van der Waals surface area (Å²) >= 11 is 0. The number of aliphatic carboxylic acids is 2. The Morgan fingerprint density at radius 2 is 1.81 bits per heavy atom. The van der Waals surface area contributed by atoms with Crippen molar-refractivity contribution in [2.75, 3.05) is 0 Å². The molecule has 0 fully saturated rings. The highest BCUT2D eigenvalue weighted by Gasteiger charge is 2.30. The van der Waals surface area contributed by atoms with Gasteiger partial charge < -0.3 is 31.6 Å². The fourth-order valence-electron chi connectivity index (χ4n) is 2.25. The molecule has 1 heterocycles. The van der Waals surface area contributed by atoms with Crippen molar-refractivity contribution in [2.24, 2.45) is 11.7 Å². The first-order chi connectivity index (χ1) is 12.6. The van der Waals surface area contributed by atoms with Gasteiger partial charge in [-0.05, 0) is 5.92 Å². The summed E-state index contributed by atoms with van der Waals surface area (Å²) in [5, 5.41) is 22.5. The van der Waals surface area contributed by atoms with Gasteiger partial charge in [0.05, 0.1) is 18.8 Å². The molecule has 11 heteroatoms. The van der Waals surface area contributed by atoms with Crippen molar-refractivity contribution in [1.82, 2.24) is 20.6 Å². The summed E-state index contributed by atoms with van der Waals surface area (Å²) in [6.45, 7) is 3.66. The molecule has 0 aliphatic carbocycles. The highest BCUT2D eigenvalue weighted by atomic mass is 16.4. The number of imidazole rings is 1. The summed E-state index contributed by atoms with van der Waals surface area (Å²) in [5.74, 6) is -4.39. The third-order valence-corrected chi connectivity index (χ3v) is 4.16. The van der Waals surface area contributed by atoms with E-state index in [9.17, 15) is 19.2 Å². The smallest absolute Gasteiger partial charge is 0.326 e. The Morgan fingerprint density at radius 1 is 1.19 bits per heavy atom. The molecule has 1 aromatic heterocycles. The van der Waals surface area contributed by atoms with E-state index in [0.717, 1.165) is 0 Å². The highest BCUT2D eigenvalue weighted by Crippen LogP contribution is 2.07. The normalized spacial score (nSPS) is 15.2. The number of carboxylic acids is 2. The van der Waals surface area contributed by atoms with Crippen molar-refractivity contribution in [2.45, 2.75) is 51.2 Å². The molecule has 11 nitrogen and oxygen atoms in total. The van der Waals surface area contributed by atoms with Crippen LogP contribution in [0.5, 0.6) is 0 Å². The molecule has 0 aliphatic heterocycles. The van der Waals surface area contributed by atoms with Gasteiger partial charge in [0, 0.05) is 18.3 Å². The Morgan fingerprint density at radius 3 is 2.30 bits per heavy atom. The van der Waals surface area contributed by atoms with Crippen molar-refractivity contribution in [3.63, 3.8) is 0 Å². The Labute approximate surface area is 155 Å². The van der Waals surface area contributed by atoms with Crippen LogP contribution in [0.25, 0.3) is 0 Å². The maximum Gasteiger partial charge on any atom is 0.326 e.